The van der Waals surface area contributed by atoms with Gasteiger partial charge in [-0.25, -0.2) is 0 Å². The molecule has 0 radical (unpaired) electrons. The first-order valence-corrected chi connectivity index (χ1v) is 8.03. The van der Waals surface area contributed by atoms with Crippen molar-refractivity contribution in [3.63, 3.8) is 0 Å². The second-order valence-corrected chi connectivity index (χ2v) is 5.76. The van der Waals surface area contributed by atoms with Gasteiger partial charge in [-0.1, -0.05) is 31.9 Å². The van der Waals surface area contributed by atoms with Gasteiger partial charge in [-0.2, -0.15) is 13.2 Å². The standard InChI is InChI=1S/C18H20F3NO3/c1-2-3-7-15(17(23)24)22-11-14-8-9-16(25-14)12-5-4-6-13(10-12)18(19,20)21/h4-6,8-10,15,22H,2-3,7,11H2,1H3,(H,23,24)/t15-/m0/s1. The zero-order valence-corrected chi connectivity index (χ0v) is 13.8. The summed E-state index contributed by atoms with van der Waals surface area (Å²) in [6.45, 7) is 2.17. The number of carbonyl (C=O) groups is 1. The fourth-order valence-electron chi connectivity index (χ4n) is 2.42. The Morgan fingerprint density at radius 2 is 2.04 bits per heavy atom. The van der Waals surface area contributed by atoms with Crippen LogP contribution in [-0.2, 0) is 17.5 Å². The fourth-order valence-corrected chi connectivity index (χ4v) is 2.42. The quantitative estimate of drug-likeness (QED) is 0.721. The Labute approximate surface area is 143 Å². The molecule has 2 aromatic rings. The molecule has 4 nitrogen and oxygen atoms in total. The summed E-state index contributed by atoms with van der Waals surface area (Å²) < 4.78 is 43.9. The molecule has 7 heteroatoms. The van der Waals surface area contributed by atoms with Crippen LogP contribution in [0.25, 0.3) is 11.3 Å². The van der Waals surface area contributed by atoms with Crippen molar-refractivity contribution in [2.75, 3.05) is 0 Å². The molecule has 2 N–H and O–H groups in total. The summed E-state index contributed by atoms with van der Waals surface area (Å²) in [4.78, 5) is 11.2. The minimum absolute atomic E-state index is 0.194. The third kappa shape index (κ3) is 5.35. The van der Waals surface area contributed by atoms with E-state index in [2.05, 4.69) is 5.32 Å². The van der Waals surface area contributed by atoms with E-state index in [0.29, 0.717) is 23.5 Å². The summed E-state index contributed by atoms with van der Waals surface area (Å²) >= 11 is 0. The monoisotopic (exact) mass is 355 g/mol. The van der Waals surface area contributed by atoms with E-state index in [4.69, 9.17) is 9.52 Å². The Morgan fingerprint density at radius 3 is 2.68 bits per heavy atom. The highest BCUT2D eigenvalue weighted by Crippen LogP contribution is 2.32. The summed E-state index contributed by atoms with van der Waals surface area (Å²) in [5, 5.41) is 12.1. The van der Waals surface area contributed by atoms with E-state index in [1.165, 1.54) is 12.1 Å². The molecule has 1 aromatic heterocycles. The zero-order valence-electron chi connectivity index (χ0n) is 13.8. The molecule has 2 rings (SSSR count). The Hall–Kier alpha value is -2.28. The van der Waals surface area contributed by atoms with Crippen LogP contribution >= 0.6 is 0 Å². The lowest BCUT2D eigenvalue weighted by Gasteiger charge is -2.12. The number of furan rings is 1. The van der Waals surface area contributed by atoms with Crippen molar-refractivity contribution in [1.82, 2.24) is 5.32 Å². The molecule has 0 fully saturated rings. The predicted octanol–water partition coefficient (Wildman–Crippen LogP) is 4.70. The van der Waals surface area contributed by atoms with Gasteiger partial charge in [0, 0.05) is 5.56 Å². The van der Waals surface area contributed by atoms with Crippen molar-refractivity contribution in [1.29, 1.82) is 0 Å². The number of hydrogen-bond donors (Lipinski definition) is 2. The van der Waals surface area contributed by atoms with E-state index in [9.17, 15) is 18.0 Å². The highest BCUT2D eigenvalue weighted by Gasteiger charge is 2.30. The van der Waals surface area contributed by atoms with Crippen molar-refractivity contribution in [3.05, 3.63) is 47.7 Å². The maximum atomic E-state index is 12.8. The lowest BCUT2D eigenvalue weighted by Crippen LogP contribution is -2.36. The van der Waals surface area contributed by atoms with Gasteiger partial charge in [0.1, 0.15) is 17.6 Å². The second kappa shape index (κ2) is 8.20. The third-order valence-corrected chi connectivity index (χ3v) is 3.80. The number of nitrogens with one attached hydrogen (secondary N) is 1. The average Bonchev–Trinajstić information content (AvgIpc) is 3.03. The first kappa shape index (κ1) is 19.1. The van der Waals surface area contributed by atoms with Gasteiger partial charge < -0.3 is 9.52 Å². The van der Waals surface area contributed by atoms with Crippen LogP contribution < -0.4 is 5.32 Å². The second-order valence-electron chi connectivity index (χ2n) is 5.76. The highest BCUT2D eigenvalue weighted by molar-refractivity contribution is 5.73. The van der Waals surface area contributed by atoms with Crippen LogP contribution in [0.1, 0.15) is 37.5 Å². The van der Waals surface area contributed by atoms with Crippen molar-refractivity contribution >= 4 is 5.97 Å². The average molecular weight is 355 g/mol. The molecular formula is C18H20F3NO3. The summed E-state index contributed by atoms with van der Waals surface area (Å²) in [6, 6.07) is 7.41. The van der Waals surface area contributed by atoms with Crippen molar-refractivity contribution < 1.29 is 27.5 Å². The van der Waals surface area contributed by atoms with Crippen LogP contribution in [-0.4, -0.2) is 17.1 Å². The molecule has 1 heterocycles. The van der Waals surface area contributed by atoms with E-state index in [-0.39, 0.29) is 6.54 Å². The Kier molecular flexibility index (Phi) is 6.25. The summed E-state index contributed by atoms with van der Waals surface area (Å²) in [6.07, 6.45) is -2.22. The lowest BCUT2D eigenvalue weighted by molar-refractivity contribution is -0.140. The van der Waals surface area contributed by atoms with Gasteiger partial charge in [-0.3, -0.25) is 10.1 Å². The van der Waals surface area contributed by atoms with Gasteiger partial charge >= 0.3 is 12.1 Å². The SMILES string of the molecule is CCCC[C@H](NCc1ccc(-c2cccc(C(F)(F)F)c2)o1)C(=O)O. The molecule has 1 aromatic carbocycles. The lowest BCUT2D eigenvalue weighted by atomic mass is 10.1. The molecule has 0 bridgehead atoms. The van der Waals surface area contributed by atoms with E-state index in [1.54, 1.807) is 12.1 Å². The van der Waals surface area contributed by atoms with Crippen LogP contribution in [0.3, 0.4) is 0 Å². The molecule has 0 unspecified atom stereocenters. The van der Waals surface area contributed by atoms with Gasteiger partial charge in [0.15, 0.2) is 0 Å². The molecule has 1 atom stereocenters. The molecule has 25 heavy (non-hydrogen) atoms. The topological polar surface area (TPSA) is 62.5 Å². The molecule has 0 aliphatic heterocycles. The number of carboxylic acids is 1. The largest absolute Gasteiger partial charge is 0.480 e. The smallest absolute Gasteiger partial charge is 0.416 e. The normalized spacial score (nSPS) is 13.0. The highest BCUT2D eigenvalue weighted by atomic mass is 19.4. The van der Waals surface area contributed by atoms with E-state index < -0.39 is 23.8 Å². The van der Waals surface area contributed by atoms with Crippen molar-refractivity contribution in [2.24, 2.45) is 0 Å². The number of hydrogen-bond acceptors (Lipinski definition) is 3. The van der Waals surface area contributed by atoms with Crippen LogP contribution in [0.15, 0.2) is 40.8 Å². The van der Waals surface area contributed by atoms with Crippen LogP contribution in [0.5, 0.6) is 0 Å². The van der Waals surface area contributed by atoms with Crippen molar-refractivity contribution in [2.45, 2.75) is 44.9 Å². The van der Waals surface area contributed by atoms with Gasteiger partial charge in [0.25, 0.3) is 0 Å². The van der Waals surface area contributed by atoms with Gasteiger partial charge in [0.05, 0.1) is 12.1 Å². The molecule has 0 aliphatic carbocycles. The number of unbranched alkanes of at least 4 members (excludes halogenated alkanes) is 1. The summed E-state index contributed by atoms with van der Waals surface area (Å²) in [5.41, 5.74) is -0.423. The van der Waals surface area contributed by atoms with Crippen LogP contribution in [0, 0.1) is 0 Å². The molecule has 0 amide bonds. The zero-order chi connectivity index (χ0) is 18.4. The van der Waals surface area contributed by atoms with Gasteiger partial charge in [-0.15, -0.1) is 0 Å². The molecule has 0 saturated carbocycles. The maximum Gasteiger partial charge on any atom is 0.416 e. The number of aliphatic carboxylic acids is 1. The third-order valence-electron chi connectivity index (χ3n) is 3.80. The fraction of sp³-hybridized carbons (Fsp3) is 0.389. The van der Waals surface area contributed by atoms with Gasteiger partial charge in [0.2, 0.25) is 0 Å². The minimum atomic E-state index is -4.42. The number of halogens is 3. The molecular weight excluding hydrogens is 335 g/mol. The van der Waals surface area contributed by atoms with Crippen LogP contribution in [0.2, 0.25) is 0 Å². The first-order valence-electron chi connectivity index (χ1n) is 8.03. The molecule has 0 aliphatic rings. The number of rotatable bonds is 8. The molecule has 0 spiro atoms. The Bertz CT molecular complexity index is 710. The number of carboxylic acid groups (broad SMARTS) is 1. The van der Waals surface area contributed by atoms with E-state index >= 15 is 0 Å². The van der Waals surface area contributed by atoms with Crippen LogP contribution in [0.4, 0.5) is 13.2 Å². The molecule has 0 saturated heterocycles. The summed E-state index contributed by atoms with van der Waals surface area (Å²) in [5.74, 6) is -0.156. The summed E-state index contributed by atoms with van der Waals surface area (Å²) in [7, 11) is 0. The minimum Gasteiger partial charge on any atom is -0.480 e. The predicted molar refractivity (Wildman–Crippen MR) is 86.9 cm³/mol. The van der Waals surface area contributed by atoms with Crippen molar-refractivity contribution in [3.8, 4) is 11.3 Å². The number of benzene rings is 1. The Balaban J connectivity index is 2.06. The first-order chi connectivity index (χ1) is 11.8. The number of alkyl halides is 3. The molecule has 136 valence electrons. The van der Waals surface area contributed by atoms with Gasteiger partial charge in [-0.05, 0) is 30.7 Å². The maximum absolute atomic E-state index is 12.8. The van der Waals surface area contributed by atoms with E-state index in [1.807, 2.05) is 6.92 Å². The Morgan fingerprint density at radius 1 is 1.28 bits per heavy atom. The van der Waals surface area contributed by atoms with E-state index in [0.717, 1.165) is 25.0 Å².